The van der Waals surface area contributed by atoms with Gasteiger partial charge in [-0.05, 0) is 13.3 Å². The maximum absolute atomic E-state index is 11.5. The highest BCUT2D eigenvalue weighted by Crippen LogP contribution is 2.10. The first-order chi connectivity index (χ1) is 7.67. The fraction of sp³-hybridized carbons (Fsp3) is 0.900. The van der Waals surface area contributed by atoms with Gasteiger partial charge >= 0.3 is 6.03 Å². The summed E-state index contributed by atoms with van der Waals surface area (Å²) < 4.78 is 0. The average molecular weight is 250 g/mol. The number of hydrogen-bond acceptors (Lipinski definition) is 3. The summed E-state index contributed by atoms with van der Waals surface area (Å²) in [4.78, 5) is 22.0. The Morgan fingerprint density at radius 1 is 1.50 bits per heavy atom. The summed E-state index contributed by atoms with van der Waals surface area (Å²) in [5.74, 6) is 0.322. The van der Waals surface area contributed by atoms with Crippen molar-refractivity contribution in [1.82, 2.24) is 10.3 Å². The van der Waals surface area contributed by atoms with Crippen LogP contribution in [0, 0.1) is 4.91 Å². The van der Waals surface area contributed by atoms with Gasteiger partial charge in [0.2, 0.25) is 0 Å². The Labute approximate surface area is 101 Å². The van der Waals surface area contributed by atoms with E-state index in [9.17, 15) is 9.70 Å². The van der Waals surface area contributed by atoms with Gasteiger partial charge in [-0.3, -0.25) is 0 Å². The van der Waals surface area contributed by atoms with Crippen LogP contribution in [-0.2, 0) is 0 Å². The van der Waals surface area contributed by atoms with Gasteiger partial charge in [0.15, 0.2) is 0 Å². The standard InChI is InChI=1S/C10H20ClN3O2/c1-3-4-5-6-9(2)14(13-16)10(15)12-8-7-11/h9H,3-8H2,1-2H3,(H,12,15). The second kappa shape index (κ2) is 9.39. The highest BCUT2D eigenvalue weighted by molar-refractivity contribution is 6.18. The molecule has 6 heteroatoms. The summed E-state index contributed by atoms with van der Waals surface area (Å²) in [5, 5.41) is 6.21. The van der Waals surface area contributed by atoms with Gasteiger partial charge in [0, 0.05) is 12.4 Å². The van der Waals surface area contributed by atoms with E-state index in [0.29, 0.717) is 12.4 Å². The van der Waals surface area contributed by atoms with Crippen molar-refractivity contribution in [1.29, 1.82) is 0 Å². The Morgan fingerprint density at radius 2 is 2.19 bits per heavy atom. The Kier molecular flexibility index (Phi) is 8.90. The molecule has 0 aliphatic carbocycles. The summed E-state index contributed by atoms with van der Waals surface area (Å²) in [7, 11) is 0. The Bertz CT molecular complexity index is 214. The van der Waals surface area contributed by atoms with Crippen LogP contribution in [0.25, 0.3) is 0 Å². The summed E-state index contributed by atoms with van der Waals surface area (Å²) >= 11 is 5.43. The van der Waals surface area contributed by atoms with Crippen molar-refractivity contribution < 1.29 is 4.79 Å². The van der Waals surface area contributed by atoms with Gasteiger partial charge in [-0.2, -0.15) is 5.01 Å². The lowest BCUT2D eigenvalue weighted by Crippen LogP contribution is -2.42. The number of urea groups is 1. The lowest BCUT2D eigenvalue weighted by molar-refractivity contribution is 0.177. The van der Waals surface area contributed by atoms with E-state index in [-0.39, 0.29) is 6.04 Å². The first kappa shape index (κ1) is 15.2. The zero-order valence-corrected chi connectivity index (χ0v) is 10.7. The van der Waals surface area contributed by atoms with Gasteiger partial charge in [-0.1, -0.05) is 26.2 Å². The molecule has 0 aromatic rings. The number of amides is 2. The zero-order valence-electron chi connectivity index (χ0n) is 9.91. The minimum atomic E-state index is -0.473. The Hall–Kier alpha value is -0.840. The third-order valence-corrected chi connectivity index (χ3v) is 2.50. The molecule has 0 saturated heterocycles. The first-order valence-corrected chi connectivity index (χ1v) is 6.17. The van der Waals surface area contributed by atoms with Gasteiger partial charge in [0.1, 0.15) is 0 Å². The van der Waals surface area contributed by atoms with E-state index < -0.39 is 6.03 Å². The monoisotopic (exact) mass is 249 g/mol. The fourth-order valence-corrected chi connectivity index (χ4v) is 1.46. The number of nitroso groups, excluding NO2 is 1. The van der Waals surface area contributed by atoms with Gasteiger partial charge in [-0.15, -0.1) is 16.5 Å². The number of rotatable bonds is 8. The molecule has 1 atom stereocenters. The number of hydrogen-bond donors (Lipinski definition) is 1. The van der Waals surface area contributed by atoms with Crippen LogP contribution in [-0.4, -0.2) is 29.5 Å². The molecule has 0 aromatic carbocycles. The molecule has 0 aromatic heterocycles. The fourth-order valence-electron chi connectivity index (χ4n) is 1.36. The van der Waals surface area contributed by atoms with E-state index >= 15 is 0 Å². The molecule has 5 nitrogen and oxygen atoms in total. The molecular weight excluding hydrogens is 230 g/mol. The lowest BCUT2D eigenvalue weighted by atomic mass is 10.1. The molecule has 0 spiro atoms. The maximum atomic E-state index is 11.5. The number of carbonyl (C=O) groups excluding carboxylic acids is 1. The molecule has 0 fully saturated rings. The number of alkyl halides is 1. The molecule has 16 heavy (non-hydrogen) atoms. The van der Waals surface area contributed by atoms with Gasteiger partial charge in [0.05, 0.1) is 11.3 Å². The minimum absolute atomic E-state index is 0.167. The van der Waals surface area contributed by atoms with Crippen LogP contribution in [0.5, 0.6) is 0 Å². The van der Waals surface area contributed by atoms with Crippen LogP contribution in [0.15, 0.2) is 5.29 Å². The van der Waals surface area contributed by atoms with E-state index in [2.05, 4.69) is 17.5 Å². The van der Waals surface area contributed by atoms with Crippen molar-refractivity contribution in [2.45, 2.75) is 45.6 Å². The lowest BCUT2D eigenvalue weighted by Gasteiger charge is -2.21. The van der Waals surface area contributed by atoms with Crippen molar-refractivity contribution in [2.75, 3.05) is 12.4 Å². The van der Waals surface area contributed by atoms with Crippen LogP contribution < -0.4 is 5.32 Å². The van der Waals surface area contributed by atoms with E-state index in [1.54, 1.807) is 0 Å². The topological polar surface area (TPSA) is 61.8 Å². The van der Waals surface area contributed by atoms with Crippen LogP contribution in [0.2, 0.25) is 0 Å². The highest BCUT2D eigenvalue weighted by atomic mass is 35.5. The van der Waals surface area contributed by atoms with Gasteiger partial charge in [-0.25, -0.2) is 4.79 Å². The number of nitrogens with one attached hydrogen (secondary N) is 1. The predicted octanol–water partition coefficient (Wildman–Crippen LogP) is 2.89. The van der Waals surface area contributed by atoms with Gasteiger partial charge in [0.25, 0.3) is 0 Å². The smallest absolute Gasteiger partial charge is 0.335 e. The summed E-state index contributed by atoms with van der Waals surface area (Å²) in [6.45, 7) is 4.26. The van der Waals surface area contributed by atoms with Crippen LogP contribution in [0.3, 0.4) is 0 Å². The highest BCUT2D eigenvalue weighted by Gasteiger charge is 2.20. The van der Waals surface area contributed by atoms with E-state index in [4.69, 9.17) is 11.6 Å². The number of unbranched alkanes of at least 4 members (excludes halogenated alkanes) is 2. The van der Waals surface area contributed by atoms with Crippen LogP contribution in [0.1, 0.15) is 39.5 Å². The van der Waals surface area contributed by atoms with E-state index in [1.165, 1.54) is 0 Å². The van der Waals surface area contributed by atoms with Crippen molar-refractivity contribution in [3.8, 4) is 0 Å². The molecule has 0 aliphatic heterocycles. The SMILES string of the molecule is CCCCCC(C)N(N=O)C(=O)NCCCl. The molecule has 1 unspecified atom stereocenters. The molecule has 0 heterocycles. The molecule has 1 N–H and O–H groups in total. The van der Waals surface area contributed by atoms with Crippen molar-refractivity contribution in [3.63, 3.8) is 0 Å². The first-order valence-electron chi connectivity index (χ1n) is 5.63. The third-order valence-electron chi connectivity index (χ3n) is 2.31. The molecule has 94 valence electrons. The number of carbonyl (C=O) groups is 1. The van der Waals surface area contributed by atoms with Crippen molar-refractivity contribution in [3.05, 3.63) is 4.91 Å². The van der Waals surface area contributed by atoms with E-state index in [1.807, 2.05) is 6.92 Å². The van der Waals surface area contributed by atoms with E-state index in [0.717, 1.165) is 30.7 Å². The molecule has 0 saturated carbocycles. The predicted molar refractivity (Wildman–Crippen MR) is 65.4 cm³/mol. The third kappa shape index (κ3) is 5.90. The second-order valence-corrected chi connectivity index (χ2v) is 4.07. The molecule has 0 radical (unpaired) electrons. The molecule has 0 rings (SSSR count). The maximum Gasteiger partial charge on any atom is 0.340 e. The molecular formula is C10H20ClN3O2. The van der Waals surface area contributed by atoms with Gasteiger partial charge < -0.3 is 5.32 Å². The normalized spacial score (nSPS) is 11.9. The average Bonchev–Trinajstić information content (AvgIpc) is 2.27. The number of nitrogens with zero attached hydrogens (tertiary/aromatic N) is 2. The van der Waals surface area contributed by atoms with Crippen LogP contribution >= 0.6 is 11.6 Å². The summed E-state index contributed by atoms with van der Waals surface area (Å²) in [6, 6.07) is -0.640. The van der Waals surface area contributed by atoms with Crippen molar-refractivity contribution >= 4 is 17.6 Å². The Balaban J connectivity index is 4.03. The molecule has 0 aliphatic rings. The second-order valence-electron chi connectivity index (χ2n) is 3.69. The molecule has 2 amide bonds. The summed E-state index contributed by atoms with van der Waals surface area (Å²) in [5.41, 5.74) is 0. The molecule has 0 bridgehead atoms. The largest absolute Gasteiger partial charge is 0.340 e. The zero-order chi connectivity index (χ0) is 12.4. The Morgan fingerprint density at radius 3 is 2.69 bits per heavy atom. The quantitative estimate of drug-likeness (QED) is 0.311. The summed E-state index contributed by atoms with van der Waals surface area (Å²) in [6.07, 6.45) is 3.99. The minimum Gasteiger partial charge on any atom is -0.335 e. The van der Waals surface area contributed by atoms with Crippen molar-refractivity contribution in [2.24, 2.45) is 5.29 Å². The van der Waals surface area contributed by atoms with Crippen LogP contribution in [0.4, 0.5) is 4.79 Å². The number of halogens is 1.